The van der Waals surface area contributed by atoms with Gasteiger partial charge in [0.15, 0.2) is 0 Å². The predicted molar refractivity (Wildman–Crippen MR) is 99.0 cm³/mol. The number of alkyl halides is 3. The number of rotatable bonds is 6. The number of ether oxygens (including phenoxy) is 1. The maximum atomic E-state index is 12.8. The quantitative estimate of drug-likeness (QED) is 0.680. The second kappa shape index (κ2) is 8.29. The van der Waals surface area contributed by atoms with E-state index in [1.807, 2.05) is 6.92 Å². The van der Waals surface area contributed by atoms with E-state index in [1.54, 1.807) is 24.5 Å². The fraction of sp³-hybridized carbons (Fsp3) is 0.263. The van der Waals surface area contributed by atoms with E-state index in [4.69, 9.17) is 0 Å². The zero-order valence-electron chi connectivity index (χ0n) is 15.4. The normalized spacial score (nSPS) is 11.4. The van der Waals surface area contributed by atoms with Crippen LogP contribution in [-0.4, -0.2) is 26.9 Å². The number of nitrogens with zero attached hydrogens (tertiary/aromatic N) is 3. The largest absolute Gasteiger partial charge is 0.573 e. The highest BCUT2D eigenvalue weighted by atomic mass is 19.4. The van der Waals surface area contributed by atoms with Gasteiger partial charge in [0.2, 0.25) is 5.91 Å². The van der Waals surface area contributed by atoms with Crippen LogP contribution in [0.2, 0.25) is 0 Å². The summed E-state index contributed by atoms with van der Waals surface area (Å²) >= 11 is 0. The van der Waals surface area contributed by atoms with Crippen LogP contribution in [0.3, 0.4) is 0 Å². The van der Waals surface area contributed by atoms with Gasteiger partial charge in [-0.05, 0) is 36.2 Å². The van der Waals surface area contributed by atoms with Crippen LogP contribution in [0.15, 0.2) is 47.5 Å². The SMILES string of the molecule is CCCc1nc2cc(OC(F)(F)F)ccc2c(=O)n1NC(=O)Cc1ccncc1. The Hall–Kier alpha value is -3.43. The van der Waals surface area contributed by atoms with E-state index >= 15 is 0 Å². The minimum absolute atomic E-state index is 0.0247. The van der Waals surface area contributed by atoms with Crippen molar-refractivity contribution < 1.29 is 22.7 Å². The molecular weight excluding hydrogens is 389 g/mol. The van der Waals surface area contributed by atoms with Crippen LogP contribution in [0.5, 0.6) is 5.75 Å². The molecule has 0 fully saturated rings. The van der Waals surface area contributed by atoms with E-state index in [-0.39, 0.29) is 23.1 Å². The number of halogens is 3. The fourth-order valence-corrected chi connectivity index (χ4v) is 2.77. The predicted octanol–water partition coefficient (Wildman–Crippen LogP) is 2.96. The van der Waals surface area contributed by atoms with Crippen LogP contribution >= 0.6 is 0 Å². The number of aromatic nitrogens is 3. The van der Waals surface area contributed by atoms with Gasteiger partial charge >= 0.3 is 6.36 Å². The van der Waals surface area contributed by atoms with Gasteiger partial charge in [-0.15, -0.1) is 13.2 Å². The van der Waals surface area contributed by atoms with E-state index in [1.165, 1.54) is 6.07 Å². The van der Waals surface area contributed by atoms with Crippen LogP contribution in [0.1, 0.15) is 24.7 Å². The summed E-state index contributed by atoms with van der Waals surface area (Å²) in [7, 11) is 0. The Kier molecular flexibility index (Phi) is 5.81. The lowest BCUT2D eigenvalue weighted by atomic mass is 10.2. The Morgan fingerprint density at radius 1 is 1.21 bits per heavy atom. The molecule has 0 spiro atoms. The Bertz CT molecular complexity index is 1080. The number of aryl methyl sites for hydroxylation is 1. The lowest BCUT2D eigenvalue weighted by Gasteiger charge is -2.15. The molecule has 0 bridgehead atoms. The van der Waals surface area contributed by atoms with Crippen LogP contribution in [0.25, 0.3) is 10.9 Å². The first-order valence-electron chi connectivity index (χ1n) is 8.77. The van der Waals surface area contributed by atoms with Gasteiger partial charge in [-0.3, -0.25) is 20.0 Å². The molecule has 0 radical (unpaired) electrons. The van der Waals surface area contributed by atoms with Crippen molar-refractivity contribution >= 4 is 16.8 Å². The molecule has 0 saturated carbocycles. The lowest BCUT2D eigenvalue weighted by molar-refractivity contribution is -0.274. The molecule has 0 unspecified atom stereocenters. The first kappa shape index (κ1) is 20.3. The molecule has 0 aliphatic heterocycles. The number of amides is 1. The summed E-state index contributed by atoms with van der Waals surface area (Å²) in [6.45, 7) is 1.85. The maximum Gasteiger partial charge on any atom is 0.573 e. The third-order valence-corrected chi connectivity index (χ3v) is 3.97. The molecule has 3 rings (SSSR count). The smallest absolute Gasteiger partial charge is 0.406 e. The van der Waals surface area contributed by atoms with Crippen LogP contribution in [-0.2, 0) is 17.6 Å². The molecule has 1 amide bonds. The highest BCUT2D eigenvalue weighted by Crippen LogP contribution is 2.25. The van der Waals surface area contributed by atoms with Gasteiger partial charge in [0.25, 0.3) is 5.56 Å². The number of nitrogens with one attached hydrogen (secondary N) is 1. The van der Waals surface area contributed by atoms with E-state index in [0.29, 0.717) is 18.4 Å². The number of hydrogen-bond donors (Lipinski definition) is 1. The van der Waals surface area contributed by atoms with Crippen molar-refractivity contribution in [2.45, 2.75) is 32.5 Å². The first-order valence-corrected chi connectivity index (χ1v) is 8.77. The summed E-state index contributed by atoms with van der Waals surface area (Å²) in [4.78, 5) is 33.4. The van der Waals surface area contributed by atoms with E-state index in [9.17, 15) is 22.8 Å². The zero-order valence-corrected chi connectivity index (χ0v) is 15.4. The Morgan fingerprint density at radius 3 is 2.59 bits per heavy atom. The van der Waals surface area contributed by atoms with E-state index < -0.39 is 23.6 Å². The third-order valence-electron chi connectivity index (χ3n) is 3.97. The highest BCUT2D eigenvalue weighted by molar-refractivity contribution is 5.86. The summed E-state index contributed by atoms with van der Waals surface area (Å²) in [6, 6.07) is 6.62. The number of hydrogen-bond acceptors (Lipinski definition) is 5. The van der Waals surface area contributed by atoms with Gasteiger partial charge in [0.05, 0.1) is 17.3 Å². The van der Waals surface area contributed by atoms with Crippen molar-refractivity contribution in [3.63, 3.8) is 0 Å². The van der Waals surface area contributed by atoms with Crippen LogP contribution in [0, 0.1) is 0 Å². The number of benzene rings is 1. The van der Waals surface area contributed by atoms with Crippen molar-refractivity contribution in [3.8, 4) is 5.75 Å². The maximum absolute atomic E-state index is 12.8. The molecule has 3 aromatic rings. The molecule has 2 aromatic heterocycles. The molecule has 0 saturated heterocycles. The van der Waals surface area contributed by atoms with Crippen molar-refractivity contribution in [1.82, 2.24) is 14.6 Å². The minimum Gasteiger partial charge on any atom is -0.406 e. The molecule has 29 heavy (non-hydrogen) atoms. The van der Waals surface area contributed by atoms with E-state index in [0.717, 1.165) is 16.8 Å². The molecule has 1 aromatic carbocycles. The summed E-state index contributed by atoms with van der Waals surface area (Å²) in [6.07, 6.45) is -0.778. The third kappa shape index (κ3) is 5.09. The first-order chi connectivity index (χ1) is 13.8. The second-order valence-electron chi connectivity index (χ2n) is 6.21. The molecule has 0 atom stereocenters. The molecule has 10 heteroatoms. The average molecular weight is 406 g/mol. The van der Waals surface area contributed by atoms with Crippen molar-refractivity contribution in [2.75, 3.05) is 5.43 Å². The number of carbonyl (C=O) groups excluding carboxylic acids is 1. The topological polar surface area (TPSA) is 86.1 Å². The second-order valence-corrected chi connectivity index (χ2v) is 6.21. The van der Waals surface area contributed by atoms with Crippen molar-refractivity contribution in [2.24, 2.45) is 0 Å². The van der Waals surface area contributed by atoms with Gasteiger partial charge in [-0.2, -0.15) is 0 Å². The summed E-state index contributed by atoms with van der Waals surface area (Å²) < 4.78 is 42.3. The molecule has 7 nitrogen and oxygen atoms in total. The van der Waals surface area contributed by atoms with Gasteiger partial charge in [-0.25, -0.2) is 9.66 Å². The molecule has 2 heterocycles. The lowest BCUT2D eigenvalue weighted by Crippen LogP contribution is -2.37. The summed E-state index contributed by atoms with van der Waals surface area (Å²) in [5, 5.41) is 0.0589. The Labute approximate surface area is 163 Å². The standard InChI is InChI=1S/C19H17F3N4O3/c1-2-3-16-24-15-11-13(29-19(20,21)22)4-5-14(15)18(28)26(16)25-17(27)10-12-6-8-23-9-7-12/h4-9,11H,2-3,10H2,1H3,(H,25,27). The van der Waals surface area contributed by atoms with Gasteiger partial charge in [0.1, 0.15) is 11.6 Å². The van der Waals surface area contributed by atoms with Crippen LogP contribution < -0.4 is 15.7 Å². The molecular formula is C19H17F3N4O3. The van der Waals surface area contributed by atoms with Gasteiger partial charge < -0.3 is 4.74 Å². The molecule has 152 valence electrons. The summed E-state index contributed by atoms with van der Waals surface area (Å²) in [5.74, 6) is -0.676. The monoisotopic (exact) mass is 406 g/mol. The number of fused-ring (bicyclic) bond motifs is 1. The van der Waals surface area contributed by atoms with Gasteiger partial charge in [-0.1, -0.05) is 6.92 Å². The molecule has 0 aliphatic carbocycles. The van der Waals surface area contributed by atoms with Crippen molar-refractivity contribution in [1.29, 1.82) is 0 Å². The van der Waals surface area contributed by atoms with Crippen molar-refractivity contribution in [3.05, 3.63) is 64.5 Å². The van der Waals surface area contributed by atoms with Crippen LogP contribution in [0.4, 0.5) is 13.2 Å². The number of pyridine rings is 1. The fourth-order valence-electron chi connectivity index (χ4n) is 2.77. The summed E-state index contributed by atoms with van der Waals surface area (Å²) in [5.41, 5.74) is 2.71. The van der Waals surface area contributed by atoms with Gasteiger partial charge in [0, 0.05) is 24.9 Å². The molecule has 1 N–H and O–H groups in total. The Morgan fingerprint density at radius 2 is 1.93 bits per heavy atom. The highest BCUT2D eigenvalue weighted by Gasteiger charge is 2.31. The minimum atomic E-state index is -4.85. The molecule has 0 aliphatic rings. The van der Waals surface area contributed by atoms with E-state index in [2.05, 4.69) is 20.1 Å². The Balaban J connectivity index is 1.96. The number of carbonyl (C=O) groups is 1. The zero-order chi connectivity index (χ0) is 21.0. The average Bonchev–Trinajstić information content (AvgIpc) is 2.64.